The lowest BCUT2D eigenvalue weighted by molar-refractivity contribution is 0.0584. The summed E-state index contributed by atoms with van der Waals surface area (Å²) in [6.07, 6.45) is 9.76. The molecule has 1 saturated carbocycles. The molecule has 1 saturated heterocycles. The molecular weight excluding hydrogens is 396 g/mol. The van der Waals surface area contributed by atoms with E-state index in [-0.39, 0.29) is 35.2 Å². The van der Waals surface area contributed by atoms with Crippen LogP contribution < -0.4 is 5.56 Å². The highest BCUT2D eigenvalue weighted by Crippen LogP contribution is 2.33. The molecule has 2 aliphatic rings. The van der Waals surface area contributed by atoms with Crippen LogP contribution in [0, 0.1) is 0 Å². The van der Waals surface area contributed by atoms with Crippen molar-refractivity contribution in [2.75, 3.05) is 13.6 Å². The van der Waals surface area contributed by atoms with Gasteiger partial charge in [-0.15, -0.1) is 0 Å². The fraction of sp³-hybridized carbons (Fsp3) is 0.591. The van der Waals surface area contributed by atoms with E-state index in [9.17, 15) is 14.4 Å². The summed E-state index contributed by atoms with van der Waals surface area (Å²) < 4.78 is 1.16. The lowest BCUT2D eigenvalue weighted by atomic mass is 9.93. The number of aromatic nitrogens is 4. The molecule has 1 unspecified atom stereocenters. The van der Waals surface area contributed by atoms with E-state index >= 15 is 0 Å². The molecule has 3 heterocycles. The molecule has 2 aromatic heterocycles. The van der Waals surface area contributed by atoms with Crippen molar-refractivity contribution < 1.29 is 9.59 Å². The smallest absolute Gasteiger partial charge is 0.274 e. The van der Waals surface area contributed by atoms with E-state index in [1.807, 2.05) is 11.9 Å². The molecule has 0 spiro atoms. The van der Waals surface area contributed by atoms with Crippen LogP contribution in [0.5, 0.6) is 0 Å². The fourth-order valence-electron chi connectivity index (χ4n) is 4.78. The number of likely N-dealkylation sites (tertiary alicyclic amines) is 1. The second-order valence-electron chi connectivity index (χ2n) is 8.60. The number of carbonyl (C=O) groups excluding carboxylic acids is 2. The van der Waals surface area contributed by atoms with Crippen molar-refractivity contribution in [2.45, 2.75) is 63.5 Å². The lowest BCUT2D eigenvalue weighted by Crippen LogP contribution is -2.42. The molecule has 1 aliphatic carbocycles. The molecule has 0 aromatic carbocycles. The van der Waals surface area contributed by atoms with Crippen LogP contribution in [0.2, 0.25) is 0 Å². The van der Waals surface area contributed by atoms with E-state index in [0.29, 0.717) is 17.8 Å². The van der Waals surface area contributed by atoms with Crippen molar-refractivity contribution in [3.8, 4) is 0 Å². The largest absolute Gasteiger partial charge is 0.339 e. The van der Waals surface area contributed by atoms with E-state index < -0.39 is 0 Å². The maximum atomic E-state index is 13.3. The summed E-state index contributed by atoms with van der Waals surface area (Å²) in [5.74, 6) is -0.289. The van der Waals surface area contributed by atoms with Crippen LogP contribution in [0.25, 0.3) is 0 Å². The molecule has 0 bridgehead atoms. The van der Waals surface area contributed by atoms with E-state index in [1.54, 1.807) is 11.1 Å². The lowest BCUT2D eigenvalue weighted by Gasteiger charge is -2.36. The summed E-state index contributed by atoms with van der Waals surface area (Å²) in [5, 5.41) is 11.3. The Balaban J connectivity index is 1.60. The second-order valence-corrected chi connectivity index (χ2v) is 8.60. The summed E-state index contributed by atoms with van der Waals surface area (Å²) in [6.45, 7) is 0.569. The van der Waals surface area contributed by atoms with Gasteiger partial charge >= 0.3 is 0 Å². The topological polar surface area (TPSA) is 104 Å². The molecule has 31 heavy (non-hydrogen) atoms. The predicted octanol–water partition coefficient (Wildman–Crippen LogP) is 2.28. The van der Waals surface area contributed by atoms with Crippen LogP contribution in [0.3, 0.4) is 0 Å². The van der Waals surface area contributed by atoms with Crippen molar-refractivity contribution in [3.05, 3.63) is 45.6 Å². The Morgan fingerprint density at radius 3 is 2.58 bits per heavy atom. The normalized spacial score (nSPS) is 19.9. The average molecular weight is 427 g/mol. The maximum absolute atomic E-state index is 13.3. The number of hydrogen-bond donors (Lipinski definition) is 1. The summed E-state index contributed by atoms with van der Waals surface area (Å²) in [6, 6.07) is 2.79. The first-order chi connectivity index (χ1) is 15.0. The van der Waals surface area contributed by atoms with Gasteiger partial charge in [0.15, 0.2) is 0 Å². The van der Waals surface area contributed by atoms with Gasteiger partial charge in [0, 0.05) is 32.7 Å². The highest BCUT2D eigenvalue weighted by atomic mass is 16.2. The molecule has 2 amide bonds. The molecule has 1 atom stereocenters. The number of nitrogens with zero attached hydrogens (tertiary/aromatic N) is 5. The fourth-order valence-corrected chi connectivity index (χ4v) is 4.78. The first-order valence-electron chi connectivity index (χ1n) is 11.1. The summed E-state index contributed by atoms with van der Waals surface area (Å²) in [5.41, 5.74) is 1.18. The molecular formula is C22H30N6O3. The molecule has 9 nitrogen and oxygen atoms in total. The number of carbonyl (C=O) groups is 2. The number of hydrogen-bond acceptors (Lipinski definition) is 5. The third-order valence-electron chi connectivity index (χ3n) is 6.62. The van der Waals surface area contributed by atoms with Gasteiger partial charge in [0.05, 0.1) is 23.5 Å². The van der Waals surface area contributed by atoms with E-state index in [1.165, 1.54) is 25.6 Å². The third kappa shape index (κ3) is 4.26. The van der Waals surface area contributed by atoms with E-state index in [0.717, 1.165) is 49.6 Å². The molecule has 166 valence electrons. The Kier molecular flexibility index (Phi) is 6.20. The Hall–Kier alpha value is -2.97. The predicted molar refractivity (Wildman–Crippen MR) is 115 cm³/mol. The monoisotopic (exact) mass is 426 g/mol. The van der Waals surface area contributed by atoms with Crippen molar-refractivity contribution in [3.63, 3.8) is 0 Å². The van der Waals surface area contributed by atoms with Gasteiger partial charge in [0.25, 0.3) is 17.4 Å². The quantitative estimate of drug-likeness (QED) is 0.808. The number of aryl methyl sites for hydroxylation is 1. The van der Waals surface area contributed by atoms with Crippen LogP contribution in [0.15, 0.2) is 23.1 Å². The zero-order valence-corrected chi connectivity index (χ0v) is 18.2. The number of amides is 2. The molecule has 1 aliphatic heterocycles. The van der Waals surface area contributed by atoms with Crippen LogP contribution in [0.1, 0.15) is 83.9 Å². The Labute approximate surface area is 181 Å². The number of H-pyrrole nitrogens is 1. The van der Waals surface area contributed by atoms with Gasteiger partial charge in [0.2, 0.25) is 0 Å². The number of aromatic amines is 1. The van der Waals surface area contributed by atoms with Crippen molar-refractivity contribution in [1.82, 2.24) is 29.8 Å². The highest BCUT2D eigenvalue weighted by Gasteiger charge is 2.35. The summed E-state index contributed by atoms with van der Waals surface area (Å²) >= 11 is 0. The SMILES string of the molecule is CN(C(=O)c1cn[nH]c1C1CCCCN1C(=O)c1ccc(=O)n(C)n1)C1CCCCC1. The second kappa shape index (κ2) is 9.03. The minimum atomic E-state index is -0.276. The Morgan fingerprint density at radius 2 is 1.84 bits per heavy atom. The van der Waals surface area contributed by atoms with Gasteiger partial charge in [-0.3, -0.25) is 19.5 Å². The van der Waals surface area contributed by atoms with Crippen LogP contribution in [0.4, 0.5) is 0 Å². The highest BCUT2D eigenvalue weighted by molar-refractivity contribution is 5.96. The Morgan fingerprint density at radius 1 is 1.10 bits per heavy atom. The summed E-state index contributed by atoms with van der Waals surface area (Å²) in [4.78, 5) is 41.8. The van der Waals surface area contributed by atoms with Crippen LogP contribution in [-0.4, -0.2) is 61.2 Å². The first-order valence-corrected chi connectivity index (χ1v) is 11.1. The molecule has 2 fully saturated rings. The maximum Gasteiger partial charge on any atom is 0.274 e. The van der Waals surface area contributed by atoms with Gasteiger partial charge in [0.1, 0.15) is 5.69 Å². The van der Waals surface area contributed by atoms with Gasteiger partial charge in [-0.1, -0.05) is 19.3 Å². The van der Waals surface area contributed by atoms with Gasteiger partial charge in [-0.2, -0.15) is 10.2 Å². The zero-order valence-electron chi connectivity index (χ0n) is 18.2. The first kappa shape index (κ1) is 21.3. The van der Waals surface area contributed by atoms with Crippen LogP contribution in [-0.2, 0) is 7.05 Å². The standard InChI is InChI=1S/C22H30N6O3/c1-26(15-8-4-3-5-9-15)21(30)16-14-23-24-20(16)18-10-6-7-13-28(18)22(31)17-11-12-19(29)27(2)25-17/h11-12,14-15,18H,3-10,13H2,1-2H3,(H,23,24). The van der Waals surface area contributed by atoms with Gasteiger partial charge in [-0.05, 0) is 38.2 Å². The van der Waals surface area contributed by atoms with Gasteiger partial charge in [-0.25, -0.2) is 4.68 Å². The number of piperidine rings is 1. The third-order valence-corrected chi connectivity index (χ3v) is 6.62. The van der Waals surface area contributed by atoms with E-state index in [2.05, 4.69) is 15.3 Å². The molecule has 0 radical (unpaired) electrons. The van der Waals surface area contributed by atoms with Crippen molar-refractivity contribution in [2.24, 2.45) is 7.05 Å². The van der Waals surface area contributed by atoms with E-state index in [4.69, 9.17) is 0 Å². The minimum absolute atomic E-state index is 0.0474. The average Bonchev–Trinajstić information content (AvgIpc) is 3.30. The van der Waals surface area contributed by atoms with Crippen molar-refractivity contribution in [1.29, 1.82) is 0 Å². The molecule has 2 aromatic rings. The summed E-state index contributed by atoms with van der Waals surface area (Å²) in [7, 11) is 3.40. The minimum Gasteiger partial charge on any atom is -0.339 e. The molecule has 9 heteroatoms. The van der Waals surface area contributed by atoms with Gasteiger partial charge < -0.3 is 9.80 Å². The van der Waals surface area contributed by atoms with Crippen LogP contribution >= 0.6 is 0 Å². The molecule has 4 rings (SSSR count). The zero-order chi connectivity index (χ0) is 22.0. The Bertz CT molecular complexity index is 1010. The van der Waals surface area contributed by atoms with Crippen molar-refractivity contribution >= 4 is 11.8 Å². The molecule has 1 N–H and O–H groups in total. The number of rotatable bonds is 4. The number of nitrogens with one attached hydrogen (secondary N) is 1.